The number of esters is 2. The van der Waals surface area contributed by atoms with E-state index in [-0.39, 0.29) is 47.1 Å². The molecule has 376 valence electrons. The monoisotopic (exact) mass is 958 g/mol. The first-order valence-corrected chi connectivity index (χ1v) is 30.0. The van der Waals surface area contributed by atoms with Crippen molar-refractivity contribution in [3.05, 3.63) is 81.0 Å². The third-order valence-electron chi connectivity index (χ3n) is 26.1. The summed E-state index contributed by atoms with van der Waals surface area (Å²) in [5.41, 5.74) is 12.6. The molecule has 17 atom stereocenters. The van der Waals surface area contributed by atoms with Crippen LogP contribution in [0.2, 0.25) is 0 Å². The first-order valence-electron chi connectivity index (χ1n) is 30.0. The Kier molecular flexibility index (Phi) is 8.66. The fourth-order valence-electron chi connectivity index (χ4n) is 24.2. The molecular formula is C63H79N3O5. The van der Waals surface area contributed by atoms with Gasteiger partial charge in [-0.1, -0.05) is 74.1 Å². The number of ether oxygens (including phenoxy) is 2. The number of nitrogens with two attached hydrogens (primary N) is 1. The Morgan fingerprint density at radius 3 is 2.59 bits per heavy atom. The Morgan fingerprint density at radius 1 is 0.859 bits per heavy atom. The minimum atomic E-state index is -1.13. The zero-order chi connectivity index (χ0) is 47.1. The highest BCUT2D eigenvalue weighted by Gasteiger charge is 2.94. The van der Waals surface area contributed by atoms with Gasteiger partial charge in [-0.05, 0) is 204 Å². The minimum Gasteiger partial charge on any atom is -0.508 e. The fourth-order valence-corrected chi connectivity index (χ4v) is 24.2. The third-order valence-corrected chi connectivity index (χ3v) is 26.1. The molecular weight excluding hydrogens is 879 g/mol. The van der Waals surface area contributed by atoms with E-state index < -0.39 is 16.4 Å². The van der Waals surface area contributed by atoms with Crippen molar-refractivity contribution in [3.8, 4) is 0 Å². The lowest BCUT2D eigenvalue weighted by atomic mass is 9.27. The number of aryl methyl sites for hydroxylation is 1. The summed E-state index contributed by atoms with van der Waals surface area (Å²) >= 11 is 0. The zero-order valence-corrected chi connectivity index (χ0v) is 42.6. The predicted octanol–water partition coefficient (Wildman–Crippen LogP) is 11.6. The van der Waals surface area contributed by atoms with Crippen LogP contribution in [0, 0.1) is 86.8 Å². The number of piperidine rings is 3. The van der Waals surface area contributed by atoms with E-state index in [0.29, 0.717) is 95.4 Å². The van der Waals surface area contributed by atoms with Crippen LogP contribution < -0.4 is 5.73 Å². The van der Waals surface area contributed by atoms with Crippen molar-refractivity contribution in [2.75, 3.05) is 19.6 Å². The largest absolute Gasteiger partial charge is 0.508 e. The molecule has 0 unspecified atom stereocenters. The molecule has 3 N–H and O–H groups in total. The van der Waals surface area contributed by atoms with Gasteiger partial charge in [-0.15, -0.1) is 0 Å². The average molecular weight is 958 g/mol. The van der Waals surface area contributed by atoms with Crippen LogP contribution in [0.5, 0.6) is 0 Å². The van der Waals surface area contributed by atoms with Gasteiger partial charge in [0, 0.05) is 60.2 Å². The molecule has 18 rings (SSSR count). The molecule has 8 aliphatic heterocycles. The quantitative estimate of drug-likeness (QED) is 0.227. The number of aliphatic hydroxyl groups excluding tert-OH is 1. The fraction of sp³-hybridized carbons (Fsp3) is 0.746. The highest BCUT2D eigenvalue weighted by atomic mass is 16.6. The van der Waals surface area contributed by atoms with Crippen LogP contribution >= 0.6 is 0 Å². The summed E-state index contributed by atoms with van der Waals surface area (Å²) in [6.07, 6.45) is 33.0. The topological polar surface area (TPSA) is 105 Å². The van der Waals surface area contributed by atoms with Crippen LogP contribution in [0.15, 0.2) is 64.3 Å². The van der Waals surface area contributed by atoms with Crippen molar-refractivity contribution in [2.45, 2.75) is 185 Å². The van der Waals surface area contributed by atoms with Crippen molar-refractivity contribution >= 4 is 11.9 Å². The van der Waals surface area contributed by atoms with Gasteiger partial charge in [-0.25, -0.2) is 4.79 Å². The SMILES string of the molecule is C[C@@H]1CC2=C3[C@H]4C5=C6[C@@H](/C=C\[C@@H](C7CCCC7)C[C@H]7[C@]68C(=O)O/C(=C(/O)[C@@H]6C[C@H]9CC[C@]%10(CCC%11(CCCC%11)C%10)[C@@H]6N6C[C@@H]%10C[C@@H](CN3[C@@H]%10CC2)[C@@H]96)[C@@]8(CC5)[C@]72OC(=O)c3c(CCCN)cccc32)C[C@@H]41. The van der Waals surface area contributed by atoms with Crippen molar-refractivity contribution < 1.29 is 24.2 Å². The third kappa shape index (κ3) is 4.89. The van der Waals surface area contributed by atoms with Crippen LogP contribution in [0.4, 0.5) is 0 Å². The molecule has 1 aromatic carbocycles. The van der Waals surface area contributed by atoms with Crippen LogP contribution in [0.3, 0.4) is 0 Å². The van der Waals surface area contributed by atoms with E-state index in [2.05, 4.69) is 47.1 Å². The standard InChI is InChI=1S/C63H79N3O5/c1-34-26-39-15-16-47-41-27-42-32-65(47)53(39)50-43-18-22-61-56(54(67)45-29-40-17-21-60(55(45)66(31-41)52(40)42)24-23-59(33-60)19-4-5-20-59)70-58(69)62(61)48(63(61)46-12-6-10-36(11-7-25-64)49(46)57(68)71-63)30-37(35-8-2-3-9-35)13-14-38(51(43)62)28-44(34)50/h6,10,12-14,34-35,37-38,40-42,44-45,47-48,50,52,55,67H,2-5,7-9,11,15-33,64H2,1H3/b14-13-,56-54+/t34-,37-,38+,40-,41+,42+,44-,45+,47-,48+,50+,52-,55-,60-,61-,62-,63-/m1/s1. The molecule has 0 radical (unpaired) electrons. The summed E-state index contributed by atoms with van der Waals surface area (Å²) in [6.45, 7) is 5.47. The van der Waals surface area contributed by atoms with Gasteiger partial charge in [-0.2, -0.15) is 0 Å². The maximum Gasteiger partial charge on any atom is 0.339 e. The molecule has 5 saturated carbocycles. The van der Waals surface area contributed by atoms with Gasteiger partial charge in [0.1, 0.15) is 11.2 Å². The molecule has 10 fully saturated rings. The van der Waals surface area contributed by atoms with Gasteiger partial charge in [0.15, 0.2) is 11.4 Å². The number of benzene rings is 1. The predicted molar refractivity (Wildman–Crippen MR) is 270 cm³/mol. The molecule has 5 saturated heterocycles. The summed E-state index contributed by atoms with van der Waals surface area (Å²) in [6, 6.07) is 7.82. The lowest BCUT2D eigenvalue weighted by molar-refractivity contribution is -0.282. The van der Waals surface area contributed by atoms with Crippen molar-refractivity contribution in [1.82, 2.24) is 9.80 Å². The molecule has 8 nitrogen and oxygen atoms in total. The number of rotatable bonds is 4. The highest BCUT2D eigenvalue weighted by Crippen LogP contribution is 2.88. The number of nitrogens with zero attached hydrogens (tertiary/aromatic N) is 2. The van der Waals surface area contributed by atoms with Crippen molar-refractivity contribution in [3.63, 3.8) is 0 Å². The Morgan fingerprint density at radius 2 is 1.73 bits per heavy atom. The maximum absolute atomic E-state index is 16.7. The van der Waals surface area contributed by atoms with Gasteiger partial charge in [-0.3, -0.25) is 9.69 Å². The Labute approximate surface area is 422 Å². The second-order valence-corrected chi connectivity index (χ2v) is 28.2. The summed E-state index contributed by atoms with van der Waals surface area (Å²) in [5, 5.41) is 14.3. The summed E-state index contributed by atoms with van der Waals surface area (Å²) in [4.78, 5) is 38.3. The first kappa shape index (κ1) is 42.9. The number of hydrogen-bond acceptors (Lipinski definition) is 8. The summed E-state index contributed by atoms with van der Waals surface area (Å²) in [7, 11) is 0. The van der Waals surface area contributed by atoms with Gasteiger partial charge >= 0.3 is 11.9 Å². The van der Waals surface area contributed by atoms with E-state index in [1.54, 1.807) is 16.8 Å². The molecule has 5 spiro atoms. The Bertz CT molecular complexity index is 2700. The van der Waals surface area contributed by atoms with Gasteiger partial charge in [0.05, 0.1) is 11.0 Å². The second-order valence-electron chi connectivity index (χ2n) is 28.2. The maximum atomic E-state index is 16.7. The van der Waals surface area contributed by atoms with Gasteiger partial charge in [0.2, 0.25) is 0 Å². The lowest BCUT2D eigenvalue weighted by Gasteiger charge is -2.73. The number of carbonyl (C=O) groups is 2. The normalized spacial score (nSPS) is 50.3. The van der Waals surface area contributed by atoms with E-state index in [9.17, 15) is 5.11 Å². The molecule has 8 heterocycles. The molecule has 0 amide bonds. The summed E-state index contributed by atoms with van der Waals surface area (Å²) in [5.74, 6) is 4.28. The number of carbonyl (C=O) groups excluding carboxylic acids is 2. The van der Waals surface area contributed by atoms with Gasteiger partial charge < -0.3 is 25.2 Å². The number of allylic oxidation sites excluding steroid dienone is 4. The summed E-state index contributed by atoms with van der Waals surface area (Å²) < 4.78 is 14.9. The van der Waals surface area contributed by atoms with Crippen LogP contribution in [0.25, 0.3) is 0 Å². The molecule has 8 heteroatoms. The Hall–Kier alpha value is -3.36. The van der Waals surface area contributed by atoms with Crippen LogP contribution in [-0.4, -0.2) is 64.6 Å². The van der Waals surface area contributed by atoms with Crippen LogP contribution in [-0.2, 0) is 26.3 Å². The van der Waals surface area contributed by atoms with Crippen LogP contribution in [0.1, 0.15) is 176 Å². The number of hydrogen-bond donors (Lipinski definition) is 2. The minimum absolute atomic E-state index is 0.114. The zero-order valence-electron chi connectivity index (χ0n) is 42.6. The van der Waals surface area contributed by atoms with E-state index in [1.807, 2.05) is 0 Å². The van der Waals surface area contributed by atoms with Gasteiger partial charge in [0.25, 0.3) is 0 Å². The van der Waals surface area contributed by atoms with Crippen molar-refractivity contribution in [1.29, 1.82) is 0 Å². The van der Waals surface area contributed by atoms with E-state index in [4.69, 9.17) is 15.2 Å². The average Bonchev–Trinajstić information content (AvgIpc) is 4.34. The number of aliphatic hydroxyl groups is 1. The highest BCUT2D eigenvalue weighted by molar-refractivity contribution is 6.00. The first-order chi connectivity index (χ1) is 34.7. The molecule has 1 aromatic rings. The molecule has 71 heavy (non-hydrogen) atoms. The number of fused-ring (bicyclic) bond motifs is 7. The lowest BCUT2D eigenvalue weighted by Crippen LogP contribution is -2.78. The van der Waals surface area contributed by atoms with E-state index in [1.165, 1.54) is 121 Å². The van der Waals surface area contributed by atoms with Crippen molar-refractivity contribution in [2.24, 2.45) is 92.5 Å². The smallest absolute Gasteiger partial charge is 0.339 e. The Balaban J connectivity index is 0.972. The molecule has 17 aliphatic rings. The van der Waals surface area contributed by atoms with E-state index in [0.717, 1.165) is 49.8 Å². The molecule has 9 bridgehead atoms. The molecule has 9 aliphatic carbocycles. The van der Waals surface area contributed by atoms with E-state index >= 15 is 9.59 Å². The molecule has 0 aromatic heterocycles. The second kappa shape index (κ2) is 14.3.